The molecule has 156 valence electrons. The zero-order chi connectivity index (χ0) is 20.6. The number of hydrogen-bond acceptors (Lipinski definition) is 5. The molecule has 1 atom stereocenters. The minimum absolute atomic E-state index is 0.298. The number of ether oxygens (including phenoxy) is 2. The number of H-pyrrole nitrogens is 1. The number of aromatic amines is 1. The van der Waals surface area contributed by atoms with Crippen LogP contribution in [-0.2, 0) is 19.4 Å². The summed E-state index contributed by atoms with van der Waals surface area (Å²) >= 11 is 0. The van der Waals surface area contributed by atoms with E-state index < -0.39 is 0 Å². The van der Waals surface area contributed by atoms with Crippen molar-refractivity contribution in [3.8, 4) is 11.5 Å². The van der Waals surface area contributed by atoms with Crippen LogP contribution in [0.25, 0.3) is 10.9 Å². The Labute approximate surface area is 180 Å². The lowest BCUT2D eigenvalue weighted by Gasteiger charge is -2.37. The second-order valence-corrected chi connectivity index (χ2v) is 8.29. The van der Waals surface area contributed by atoms with Crippen molar-refractivity contribution in [2.75, 3.05) is 13.3 Å². The maximum absolute atomic E-state index is 5.71. The standard InChI is InChI=1S/C25H24N4O2/c1-2-4-22-20(3-1)19(13-28-22)5-6-23-21-10-25-24(30-16-31-25)9-18(21)7-8-29(23)14-17-11-26-15-27-12-17/h1-4,9-13,15,23,28H,5-8,14,16H2. The van der Waals surface area contributed by atoms with Crippen molar-refractivity contribution in [2.24, 2.45) is 0 Å². The molecular weight excluding hydrogens is 388 g/mol. The van der Waals surface area contributed by atoms with E-state index in [2.05, 4.69) is 62.4 Å². The molecule has 0 spiro atoms. The number of aromatic nitrogens is 3. The van der Waals surface area contributed by atoms with Crippen molar-refractivity contribution >= 4 is 10.9 Å². The fourth-order valence-corrected chi connectivity index (χ4v) is 4.95. The molecular formula is C25H24N4O2. The van der Waals surface area contributed by atoms with Crippen molar-refractivity contribution < 1.29 is 9.47 Å². The molecule has 2 aromatic carbocycles. The molecule has 0 aliphatic carbocycles. The van der Waals surface area contributed by atoms with Crippen LogP contribution in [0.1, 0.15) is 34.7 Å². The van der Waals surface area contributed by atoms with E-state index in [4.69, 9.17) is 9.47 Å². The van der Waals surface area contributed by atoms with E-state index >= 15 is 0 Å². The Bertz CT molecular complexity index is 1220. The van der Waals surface area contributed by atoms with Crippen molar-refractivity contribution in [3.05, 3.63) is 83.6 Å². The Morgan fingerprint density at radius 3 is 2.81 bits per heavy atom. The average Bonchev–Trinajstić information content (AvgIpc) is 3.44. The Hall–Kier alpha value is -3.38. The van der Waals surface area contributed by atoms with Crippen LogP contribution in [0.2, 0.25) is 0 Å². The number of benzene rings is 2. The summed E-state index contributed by atoms with van der Waals surface area (Å²) in [5.74, 6) is 1.74. The van der Waals surface area contributed by atoms with Crippen LogP contribution in [0.3, 0.4) is 0 Å². The topological polar surface area (TPSA) is 63.3 Å². The van der Waals surface area contributed by atoms with E-state index in [1.165, 1.54) is 27.6 Å². The van der Waals surface area contributed by atoms with Crippen molar-refractivity contribution in [1.29, 1.82) is 0 Å². The number of fused-ring (bicyclic) bond motifs is 3. The zero-order valence-electron chi connectivity index (χ0n) is 17.3. The van der Waals surface area contributed by atoms with Gasteiger partial charge in [0.25, 0.3) is 0 Å². The van der Waals surface area contributed by atoms with Crippen LogP contribution in [0.4, 0.5) is 0 Å². The summed E-state index contributed by atoms with van der Waals surface area (Å²) < 4.78 is 11.3. The summed E-state index contributed by atoms with van der Waals surface area (Å²) in [5, 5.41) is 1.31. The smallest absolute Gasteiger partial charge is 0.231 e. The highest BCUT2D eigenvalue weighted by Gasteiger charge is 2.30. The van der Waals surface area contributed by atoms with Crippen molar-refractivity contribution in [1.82, 2.24) is 19.9 Å². The number of rotatable bonds is 5. The average molecular weight is 412 g/mol. The first kappa shape index (κ1) is 18.4. The number of aryl methyl sites for hydroxylation is 1. The molecule has 0 bridgehead atoms. The molecule has 6 nitrogen and oxygen atoms in total. The molecule has 31 heavy (non-hydrogen) atoms. The van der Waals surface area contributed by atoms with Gasteiger partial charge in [0.15, 0.2) is 11.5 Å². The Morgan fingerprint density at radius 1 is 1.06 bits per heavy atom. The van der Waals surface area contributed by atoms with Gasteiger partial charge in [-0.25, -0.2) is 9.97 Å². The van der Waals surface area contributed by atoms with Crippen LogP contribution in [0, 0.1) is 0 Å². The van der Waals surface area contributed by atoms with Crippen LogP contribution in [0.5, 0.6) is 11.5 Å². The second kappa shape index (κ2) is 7.71. The summed E-state index contributed by atoms with van der Waals surface area (Å²) in [4.78, 5) is 14.4. The number of nitrogens with one attached hydrogen (secondary N) is 1. The van der Waals surface area contributed by atoms with Gasteiger partial charge >= 0.3 is 0 Å². The highest BCUT2D eigenvalue weighted by molar-refractivity contribution is 5.83. The molecule has 6 rings (SSSR count). The van der Waals surface area contributed by atoms with Crippen molar-refractivity contribution in [2.45, 2.75) is 31.8 Å². The maximum Gasteiger partial charge on any atom is 0.231 e. The second-order valence-electron chi connectivity index (χ2n) is 8.29. The van der Waals surface area contributed by atoms with Gasteiger partial charge in [-0.05, 0) is 54.2 Å². The van der Waals surface area contributed by atoms with Crippen molar-refractivity contribution in [3.63, 3.8) is 0 Å². The predicted molar refractivity (Wildman–Crippen MR) is 118 cm³/mol. The van der Waals surface area contributed by atoms with Gasteiger partial charge in [0, 0.05) is 54.2 Å². The molecule has 2 aromatic heterocycles. The Kier molecular flexibility index (Phi) is 4.57. The molecule has 0 amide bonds. The molecule has 1 unspecified atom stereocenters. The fraction of sp³-hybridized carbons (Fsp3) is 0.280. The zero-order valence-corrected chi connectivity index (χ0v) is 17.3. The Morgan fingerprint density at radius 2 is 1.90 bits per heavy atom. The summed E-state index contributed by atoms with van der Waals surface area (Å²) in [5.41, 5.74) is 6.43. The number of para-hydroxylation sites is 1. The quantitative estimate of drug-likeness (QED) is 0.526. The largest absolute Gasteiger partial charge is 0.454 e. The van der Waals surface area contributed by atoms with E-state index in [1.807, 2.05) is 12.4 Å². The normalized spacial score (nSPS) is 17.7. The molecule has 4 aromatic rings. The van der Waals surface area contributed by atoms with Crippen LogP contribution in [0.15, 0.2) is 61.3 Å². The lowest BCUT2D eigenvalue weighted by atomic mass is 9.88. The van der Waals surface area contributed by atoms with Gasteiger partial charge in [-0.15, -0.1) is 0 Å². The van der Waals surface area contributed by atoms with Gasteiger partial charge in [0.1, 0.15) is 6.33 Å². The lowest BCUT2D eigenvalue weighted by molar-refractivity contribution is 0.166. The third kappa shape index (κ3) is 3.43. The third-order valence-corrected chi connectivity index (χ3v) is 6.46. The Balaban J connectivity index is 1.33. The number of hydrogen-bond donors (Lipinski definition) is 1. The molecule has 0 radical (unpaired) electrons. The van der Waals surface area contributed by atoms with E-state index in [-0.39, 0.29) is 0 Å². The fourth-order valence-electron chi connectivity index (χ4n) is 4.95. The molecule has 6 heteroatoms. The summed E-state index contributed by atoms with van der Waals surface area (Å²) in [7, 11) is 0. The molecule has 2 aliphatic rings. The van der Waals surface area contributed by atoms with Gasteiger partial charge in [-0.3, -0.25) is 4.90 Å². The maximum atomic E-state index is 5.71. The van der Waals surface area contributed by atoms with E-state index in [1.54, 1.807) is 6.33 Å². The van der Waals surface area contributed by atoms with Gasteiger partial charge < -0.3 is 14.5 Å². The highest BCUT2D eigenvalue weighted by Crippen LogP contribution is 2.42. The minimum Gasteiger partial charge on any atom is -0.454 e. The first-order valence-corrected chi connectivity index (χ1v) is 10.8. The minimum atomic E-state index is 0.298. The van der Waals surface area contributed by atoms with Crippen LogP contribution < -0.4 is 9.47 Å². The first-order chi connectivity index (χ1) is 15.3. The first-order valence-electron chi connectivity index (χ1n) is 10.8. The lowest BCUT2D eigenvalue weighted by Crippen LogP contribution is -2.35. The van der Waals surface area contributed by atoms with Gasteiger partial charge in [0.05, 0.1) is 0 Å². The molecule has 0 fully saturated rings. The monoisotopic (exact) mass is 412 g/mol. The summed E-state index contributed by atoms with van der Waals surface area (Å²) in [6.07, 6.45) is 10.6. The predicted octanol–water partition coefficient (Wildman–Crippen LogP) is 4.42. The van der Waals surface area contributed by atoms with Crippen LogP contribution in [-0.4, -0.2) is 33.2 Å². The van der Waals surface area contributed by atoms with E-state index in [9.17, 15) is 0 Å². The van der Waals surface area contributed by atoms with Gasteiger partial charge in [-0.2, -0.15) is 0 Å². The molecule has 1 N–H and O–H groups in total. The highest BCUT2D eigenvalue weighted by atomic mass is 16.7. The van der Waals surface area contributed by atoms with E-state index in [0.29, 0.717) is 12.8 Å². The molecule has 2 aliphatic heterocycles. The van der Waals surface area contributed by atoms with Crippen LogP contribution >= 0.6 is 0 Å². The van der Waals surface area contributed by atoms with Gasteiger partial charge in [0.2, 0.25) is 6.79 Å². The SMILES string of the molecule is c1ccc2c(CCC3c4cc5c(cc4CCN3Cc3cncnc3)OCO5)c[nH]c2c1. The molecule has 0 saturated heterocycles. The van der Waals surface area contributed by atoms with Gasteiger partial charge in [-0.1, -0.05) is 18.2 Å². The third-order valence-electron chi connectivity index (χ3n) is 6.46. The number of nitrogens with zero attached hydrogens (tertiary/aromatic N) is 3. The summed E-state index contributed by atoms with van der Waals surface area (Å²) in [6, 6.07) is 13.2. The summed E-state index contributed by atoms with van der Waals surface area (Å²) in [6.45, 7) is 2.15. The van der Waals surface area contributed by atoms with E-state index in [0.717, 1.165) is 49.4 Å². The molecule has 0 saturated carbocycles. The molecule has 4 heterocycles.